The maximum atomic E-state index is 12.5. The maximum absolute atomic E-state index is 12.5. The van der Waals surface area contributed by atoms with Gasteiger partial charge in [-0.15, -0.1) is 5.10 Å². The minimum absolute atomic E-state index is 0.0892. The lowest BCUT2D eigenvalue weighted by molar-refractivity contribution is -0.0771. The van der Waals surface area contributed by atoms with Crippen LogP contribution in [0.2, 0.25) is 0 Å². The molecule has 3 atom stereocenters. The highest BCUT2D eigenvalue weighted by atomic mass is 16.6. The highest BCUT2D eigenvalue weighted by Crippen LogP contribution is 2.27. The first-order valence-corrected chi connectivity index (χ1v) is 11.3. The molecule has 1 saturated heterocycles. The van der Waals surface area contributed by atoms with E-state index in [1.54, 1.807) is 12.1 Å². The Morgan fingerprint density at radius 1 is 1.21 bits per heavy atom. The highest BCUT2D eigenvalue weighted by molar-refractivity contribution is 5.75. The molecule has 11 nitrogen and oxygen atoms in total. The van der Waals surface area contributed by atoms with Gasteiger partial charge in [0.2, 0.25) is 5.88 Å². The molecule has 0 amide bonds. The fourth-order valence-corrected chi connectivity index (χ4v) is 4.20. The third-order valence-electron chi connectivity index (χ3n) is 6.06. The van der Waals surface area contributed by atoms with Crippen LogP contribution in [-0.2, 0) is 17.8 Å². The minimum atomic E-state index is -0.846. The lowest BCUT2D eigenvalue weighted by Gasteiger charge is -2.32. The van der Waals surface area contributed by atoms with E-state index >= 15 is 0 Å². The fraction of sp³-hybridized carbons (Fsp3) is 0.478. The number of hydrogen-bond acceptors (Lipinski definition) is 10. The van der Waals surface area contributed by atoms with E-state index in [0.29, 0.717) is 55.9 Å². The first-order chi connectivity index (χ1) is 16.6. The largest absolute Gasteiger partial charge is 0.484 e. The number of pyridine rings is 2. The number of aromatic nitrogens is 4. The van der Waals surface area contributed by atoms with Crippen molar-refractivity contribution in [2.24, 2.45) is 0 Å². The molecule has 1 fully saturated rings. The van der Waals surface area contributed by atoms with Crippen LogP contribution >= 0.6 is 0 Å². The van der Waals surface area contributed by atoms with Crippen LogP contribution in [0.15, 0.2) is 35.1 Å². The smallest absolute Gasteiger partial charge is 0.276 e. The normalized spacial score (nSPS) is 20.8. The van der Waals surface area contributed by atoms with Gasteiger partial charge >= 0.3 is 0 Å². The van der Waals surface area contributed by atoms with Crippen molar-refractivity contribution in [2.75, 3.05) is 26.9 Å². The molecule has 34 heavy (non-hydrogen) atoms. The summed E-state index contributed by atoms with van der Waals surface area (Å²) >= 11 is 0. The molecule has 2 N–H and O–H groups in total. The molecular weight excluding hydrogens is 442 g/mol. The van der Waals surface area contributed by atoms with E-state index in [1.807, 2.05) is 12.1 Å². The van der Waals surface area contributed by atoms with Crippen molar-refractivity contribution in [3.8, 4) is 17.5 Å². The SMILES string of the molecule is COc1ccc2ccc(=O)n(C[C@H](O)[C@@H]3CC[C@@H](NCc4cc5c(nn4)OCCO5)CO3)c2n1. The zero-order valence-electron chi connectivity index (χ0n) is 18.8. The summed E-state index contributed by atoms with van der Waals surface area (Å²) in [5.74, 6) is 1.44. The molecule has 0 aliphatic carbocycles. The molecule has 180 valence electrons. The molecule has 0 aromatic carbocycles. The van der Waals surface area contributed by atoms with Crippen molar-refractivity contribution >= 4 is 11.0 Å². The second-order valence-electron chi connectivity index (χ2n) is 8.34. The standard InChI is InChI=1S/C23H27N5O6/c1-31-20-6-2-14-3-7-21(30)28(22(14)25-20)12-17(29)18-5-4-15(13-34-18)24-11-16-10-19-23(27-26-16)33-9-8-32-19/h2-3,6-7,10,15,17-18,24,29H,4-5,8-9,11-13H2,1H3/t15-,17+,18+/m1/s1. The third kappa shape index (κ3) is 4.81. The Hall–Kier alpha value is -3.28. The van der Waals surface area contributed by atoms with Crippen molar-refractivity contribution in [3.63, 3.8) is 0 Å². The van der Waals surface area contributed by atoms with E-state index in [2.05, 4.69) is 20.5 Å². The molecule has 11 heteroatoms. The second-order valence-corrected chi connectivity index (χ2v) is 8.34. The molecule has 5 heterocycles. The second kappa shape index (κ2) is 9.92. The zero-order valence-corrected chi connectivity index (χ0v) is 18.8. The van der Waals surface area contributed by atoms with Crippen molar-refractivity contribution in [3.05, 3.63) is 46.4 Å². The lowest BCUT2D eigenvalue weighted by atomic mass is 10.0. The van der Waals surface area contributed by atoms with Gasteiger partial charge in [-0.25, -0.2) is 0 Å². The monoisotopic (exact) mass is 469 g/mol. The number of fused-ring (bicyclic) bond motifs is 2. The predicted molar refractivity (Wildman–Crippen MR) is 121 cm³/mol. The predicted octanol–water partition coefficient (Wildman–Crippen LogP) is 0.665. The number of methoxy groups -OCH3 is 1. The van der Waals surface area contributed by atoms with Gasteiger partial charge in [-0.05, 0) is 25.0 Å². The van der Waals surface area contributed by atoms with Gasteiger partial charge in [-0.1, -0.05) is 0 Å². The van der Waals surface area contributed by atoms with Gasteiger partial charge in [0.1, 0.15) is 18.9 Å². The average molecular weight is 469 g/mol. The van der Waals surface area contributed by atoms with Crippen LogP contribution in [-0.4, -0.2) is 70.0 Å². The Morgan fingerprint density at radius 3 is 2.88 bits per heavy atom. The van der Waals surface area contributed by atoms with Gasteiger partial charge < -0.3 is 29.4 Å². The molecule has 0 spiro atoms. The maximum Gasteiger partial charge on any atom is 0.276 e. The Bertz CT molecular complexity index is 1210. The molecule has 3 aromatic rings. The first kappa shape index (κ1) is 22.5. The Morgan fingerprint density at radius 2 is 2.06 bits per heavy atom. The summed E-state index contributed by atoms with van der Waals surface area (Å²) in [4.78, 5) is 16.9. The third-order valence-corrected chi connectivity index (χ3v) is 6.06. The number of rotatable bonds is 7. The molecule has 2 aliphatic heterocycles. The van der Waals surface area contributed by atoms with E-state index in [0.717, 1.165) is 17.5 Å². The van der Waals surface area contributed by atoms with Crippen molar-refractivity contribution in [1.82, 2.24) is 25.1 Å². The van der Waals surface area contributed by atoms with Gasteiger partial charge in [0, 0.05) is 36.2 Å². The van der Waals surface area contributed by atoms with E-state index in [1.165, 1.54) is 17.7 Å². The number of aliphatic hydroxyl groups excluding tert-OH is 1. The van der Waals surface area contributed by atoms with Crippen LogP contribution in [0.3, 0.4) is 0 Å². The minimum Gasteiger partial charge on any atom is -0.484 e. The van der Waals surface area contributed by atoms with E-state index in [-0.39, 0.29) is 24.2 Å². The van der Waals surface area contributed by atoms with Crippen molar-refractivity contribution < 1.29 is 24.1 Å². The average Bonchev–Trinajstić information content (AvgIpc) is 2.89. The van der Waals surface area contributed by atoms with E-state index in [9.17, 15) is 9.90 Å². The number of aliphatic hydroxyl groups is 1. The molecule has 5 rings (SSSR count). The topological polar surface area (TPSA) is 130 Å². The van der Waals surface area contributed by atoms with Crippen LogP contribution in [0, 0.1) is 0 Å². The summed E-state index contributed by atoms with van der Waals surface area (Å²) in [6.45, 7) is 2.03. The Kier molecular flexibility index (Phi) is 6.57. The van der Waals surface area contributed by atoms with Crippen LogP contribution in [0.1, 0.15) is 18.5 Å². The lowest BCUT2D eigenvalue weighted by Crippen LogP contribution is -2.45. The summed E-state index contributed by atoms with van der Waals surface area (Å²) in [5.41, 5.74) is 0.995. The summed E-state index contributed by atoms with van der Waals surface area (Å²) in [7, 11) is 1.52. The molecular formula is C23H27N5O6. The van der Waals surface area contributed by atoms with Gasteiger partial charge in [-0.3, -0.25) is 9.36 Å². The van der Waals surface area contributed by atoms with Crippen LogP contribution in [0.4, 0.5) is 0 Å². The summed E-state index contributed by atoms with van der Waals surface area (Å²) < 4.78 is 23.6. The van der Waals surface area contributed by atoms with Gasteiger partial charge in [0.15, 0.2) is 5.75 Å². The summed E-state index contributed by atoms with van der Waals surface area (Å²) in [5, 5.41) is 23.3. The number of nitrogens with zero attached hydrogens (tertiary/aromatic N) is 4. The Labute approximate surface area is 195 Å². The van der Waals surface area contributed by atoms with Crippen LogP contribution < -0.4 is 25.1 Å². The molecule has 0 unspecified atom stereocenters. The van der Waals surface area contributed by atoms with E-state index in [4.69, 9.17) is 18.9 Å². The number of hydrogen-bond donors (Lipinski definition) is 2. The van der Waals surface area contributed by atoms with Gasteiger partial charge in [0.25, 0.3) is 11.4 Å². The molecule has 0 bridgehead atoms. The van der Waals surface area contributed by atoms with Crippen molar-refractivity contribution in [1.29, 1.82) is 0 Å². The van der Waals surface area contributed by atoms with Gasteiger partial charge in [-0.2, -0.15) is 10.1 Å². The summed E-state index contributed by atoms with van der Waals surface area (Å²) in [6.07, 6.45) is 0.249. The van der Waals surface area contributed by atoms with E-state index < -0.39 is 6.10 Å². The Balaban J connectivity index is 1.17. The molecule has 0 saturated carbocycles. The van der Waals surface area contributed by atoms with Gasteiger partial charge in [0.05, 0.1) is 38.2 Å². The van der Waals surface area contributed by atoms with Crippen LogP contribution in [0.5, 0.6) is 17.5 Å². The number of ether oxygens (including phenoxy) is 4. The molecule has 2 aliphatic rings. The molecule has 3 aromatic heterocycles. The fourth-order valence-electron chi connectivity index (χ4n) is 4.20. The molecule has 0 radical (unpaired) electrons. The van der Waals surface area contributed by atoms with Crippen LogP contribution in [0.25, 0.3) is 11.0 Å². The van der Waals surface area contributed by atoms with Crippen molar-refractivity contribution in [2.45, 2.75) is 44.2 Å². The summed E-state index contributed by atoms with van der Waals surface area (Å²) in [6, 6.07) is 8.71. The number of nitrogens with one attached hydrogen (secondary N) is 1. The highest BCUT2D eigenvalue weighted by Gasteiger charge is 2.28. The zero-order chi connectivity index (χ0) is 23.5. The first-order valence-electron chi connectivity index (χ1n) is 11.3. The quantitative estimate of drug-likeness (QED) is 0.509.